The standard InChI is InChI=1S/C15H24O.C3H4O2.C2H6O2/c1-2-3-4-5-6-7-8-11-14-12-9-10-13-15(14)16;1-2-3(4)5;3-1-2-4/h9-10,12-13,16H,2-8,11H2,1H3;2H,1H2,(H,4,5);3-4H,1-2H2. The highest BCUT2D eigenvalue weighted by atomic mass is 16.4. The number of unbranched alkanes of at least 4 members (excludes halogenated alkanes) is 6. The normalized spacial score (nSPS) is 9.24. The van der Waals surface area contributed by atoms with Crippen LogP contribution in [0.5, 0.6) is 5.75 Å². The van der Waals surface area contributed by atoms with E-state index in [1.807, 2.05) is 18.2 Å². The van der Waals surface area contributed by atoms with E-state index in [2.05, 4.69) is 13.5 Å². The van der Waals surface area contributed by atoms with Crippen LogP contribution in [0.2, 0.25) is 0 Å². The maximum Gasteiger partial charge on any atom is 0.327 e. The molecule has 25 heavy (non-hydrogen) atoms. The molecule has 5 heteroatoms. The molecule has 0 atom stereocenters. The molecule has 0 amide bonds. The monoisotopic (exact) mass is 354 g/mol. The highest BCUT2D eigenvalue weighted by molar-refractivity contribution is 5.78. The van der Waals surface area contributed by atoms with E-state index < -0.39 is 5.97 Å². The second-order valence-corrected chi connectivity index (χ2v) is 5.49. The van der Waals surface area contributed by atoms with Crippen LogP contribution in [0.25, 0.3) is 0 Å². The molecule has 0 aliphatic carbocycles. The number of aryl methyl sites for hydroxylation is 1. The zero-order valence-corrected chi connectivity index (χ0v) is 15.4. The Morgan fingerprint density at radius 2 is 1.48 bits per heavy atom. The molecule has 0 saturated carbocycles. The van der Waals surface area contributed by atoms with Crippen molar-refractivity contribution in [3.8, 4) is 5.75 Å². The minimum Gasteiger partial charge on any atom is -0.508 e. The quantitative estimate of drug-likeness (QED) is 0.377. The second kappa shape index (κ2) is 20.2. The first-order valence-electron chi connectivity index (χ1n) is 8.87. The van der Waals surface area contributed by atoms with Gasteiger partial charge in [-0.2, -0.15) is 0 Å². The minimum atomic E-state index is -0.981. The Balaban J connectivity index is 0. The summed E-state index contributed by atoms with van der Waals surface area (Å²) in [6, 6.07) is 7.67. The predicted molar refractivity (Wildman–Crippen MR) is 102 cm³/mol. The molecule has 0 aromatic heterocycles. The Morgan fingerprint density at radius 1 is 1.00 bits per heavy atom. The van der Waals surface area contributed by atoms with Gasteiger partial charge in [0.2, 0.25) is 0 Å². The Labute approximate surface area is 151 Å². The number of carbonyl (C=O) groups is 1. The number of carboxylic acid groups (broad SMARTS) is 1. The summed E-state index contributed by atoms with van der Waals surface area (Å²) in [6.45, 7) is 4.96. The van der Waals surface area contributed by atoms with Crippen molar-refractivity contribution in [1.82, 2.24) is 0 Å². The van der Waals surface area contributed by atoms with Crippen LogP contribution in [0.3, 0.4) is 0 Å². The molecule has 0 aliphatic heterocycles. The van der Waals surface area contributed by atoms with E-state index in [1.54, 1.807) is 6.07 Å². The van der Waals surface area contributed by atoms with Crippen molar-refractivity contribution in [3.63, 3.8) is 0 Å². The number of aromatic hydroxyl groups is 1. The number of hydrogen-bond donors (Lipinski definition) is 4. The number of carboxylic acids is 1. The fourth-order valence-corrected chi connectivity index (χ4v) is 1.99. The van der Waals surface area contributed by atoms with Gasteiger partial charge in [-0.05, 0) is 24.5 Å². The summed E-state index contributed by atoms with van der Waals surface area (Å²) in [5.41, 5.74) is 1.09. The van der Waals surface area contributed by atoms with Crippen molar-refractivity contribution in [2.45, 2.75) is 58.3 Å². The maximum absolute atomic E-state index is 9.58. The fourth-order valence-electron chi connectivity index (χ4n) is 1.99. The van der Waals surface area contributed by atoms with Crippen LogP contribution in [-0.2, 0) is 11.2 Å². The third kappa shape index (κ3) is 20.1. The molecule has 1 rings (SSSR count). The van der Waals surface area contributed by atoms with Crippen LogP contribution in [-0.4, -0.2) is 39.6 Å². The van der Waals surface area contributed by atoms with Crippen LogP contribution >= 0.6 is 0 Å². The van der Waals surface area contributed by atoms with Crippen LogP contribution < -0.4 is 0 Å². The molecule has 1 aromatic carbocycles. The van der Waals surface area contributed by atoms with Crippen LogP contribution in [0.15, 0.2) is 36.9 Å². The van der Waals surface area contributed by atoms with Gasteiger partial charge in [0.1, 0.15) is 5.75 Å². The molecule has 0 radical (unpaired) electrons. The smallest absolute Gasteiger partial charge is 0.327 e. The lowest BCUT2D eigenvalue weighted by atomic mass is 10.0. The average Bonchev–Trinajstić information content (AvgIpc) is 2.63. The summed E-state index contributed by atoms with van der Waals surface area (Å²) >= 11 is 0. The molecular weight excluding hydrogens is 320 g/mol. The molecule has 144 valence electrons. The van der Waals surface area contributed by atoms with Crippen molar-refractivity contribution >= 4 is 5.97 Å². The highest BCUT2D eigenvalue weighted by Gasteiger charge is 1.98. The van der Waals surface area contributed by atoms with E-state index in [0.717, 1.165) is 18.1 Å². The van der Waals surface area contributed by atoms with Crippen LogP contribution in [0, 0.1) is 0 Å². The number of aliphatic carboxylic acids is 1. The third-order valence-electron chi connectivity index (χ3n) is 3.32. The summed E-state index contributed by atoms with van der Waals surface area (Å²) < 4.78 is 0. The highest BCUT2D eigenvalue weighted by Crippen LogP contribution is 2.18. The largest absolute Gasteiger partial charge is 0.508 e. The number of rotatable bonds is 10. The van der Waals surface area contributed by atoms with Gasteiger partial charge in [-0.15, -0.1) is 0 Å². The van der Waals surface area contributed by atoms with E-state index >= 15 is 0 Å². The molecule has 5 nitrogen and oxygen atoms in total. The number of para-hydroxylation sites is 1. The van der Waals surface area contributed by atoms with Gasteiger partial charge < -0.3 is 20.4 Å². The topological polar surface area (TPSA) is 98.0 Å². The molecule has 0 fully saturated rings. The van der Waals surface area contributed by atoms with E-state index in [-0.39, 0.29) is 13.2 Å². The van der Waals surface area contributed by atoms with Gasteiger partial charge in [-0.25, -0.2) is 4.79 Å². The molecule has 0 saturated heterocycles. The van der Waals surface area contributed by atoms with Crippen LogP contribution in [0.4, 0.5) is 0 Å². The summed E-state index contributed by atoms with van der Waals surface area (Å²) in [5, 5.41) is 32.4. The first-order valence-corrected chi connectivity index (χ1v) is 8.87. The van der Waals surface area contributed by atoms with E-state index in [9.17, 15) is 9.90 Å². The SMILES string of the molecule is C=CC(=O)O.CCCCCCCCCc1ccccc1O.OCCO. The predicted octanol–water partition coefficient (Wildman–Crippen LogP) is 3.91. The number of aliphatic hydroxyl groups is 2. The molecule has 0 unspecified atom stereocenters. The second-order valence-electron chi connectivity index (χ2n) is 5.49. The van der Waals surface area contributed by atoms with Gasteiger partial charge in [-0.3, -0.25) is 0 Å². The zero-order chi connectivity index (χ0) is 19.3. The summed E-state index contributed by atoms with van der Waals surface area (Å²) in [6.07, 6.45) is 11.1. The van der Waals surface area contributed by atoms with Crippen LogP contribution in [0.1, 0.15) is 57.4 Å². The number of benzene rings is 1. The minimum absolute atomic E-state index is 0.125. The maximum atomic E-state index is 9.58. The van der Waals surface area contributed by atoms with Crippen molar-refractivity contribution in [2.75, 3.05) is 13.2 Å². The van der Waals surface area contributed by atoms with Crippen molar-refractivity contribution in [1.29, 1.82) is 0 Å². The molecule has 0 bridgehead atoms. The van der Waals surface area contributed by atoms with Crippen molar-refractivity contribution in [3.05, 3.63) is 42.5 Å². The fraction of sp³-hybridized carbons (Fsp3) is 0.550. The first-order chi connectivity index (χ1) is 12.0. The number of hydrogen-bond acceptors (Lipinski definition) is 4. The van der Waals surface area contributed by atoms with E-state index in [1.165, 1.54) is 44.9 Å². The Kier molecular flexibility index (Phi) is 20.5. The third-order valence-corrected chi connectivity index (χ3v) is 3.32. The van der Waals surface area contributed by atoms with Gasteiger partial charge >= 0.3 is 5.97 Å². The van der Waals surface area contributed by atoms with Gasteiger partial charge in [0.15, 0.2) is 0 Å². The van der Waals surface area contributed by atoms with Gasteiger partial charge in [0, 0.05) is 6.08 Å². The molecular formula is C20H34O5. The molecule has 4 N–H and O–H groups in total. The van der Waals surface area contributed by atoms with Gasteiger partial charge in [-0.1, -0.05) is 70.2 Å². The van der Waals surface area contributed by atoms with Crippen molar-refractivity contribution < 1.29 is 25.2 Å². The molecule has 0 aliphatic rings. The lowest BCUT2D eigenvalue weighted by Crippen LogP contribution is -1.87. The number of aliphatic hydroxyl groups excluding tert-OH is 2. The molecule has 1 aromatic rings. The first kappa shape index (κ1) is 25.4. The van der Waals surface area contributed by atoms with Gasteiger partial charge in [0.05, 0.1) is 13.2 Å². The van der Waals surface area contributed by atoms with Crippen molar-refractivity contribution in [2.24, 2.45) is 0 Å². The van der Waals surface area contributed by atoms with E-state index in [4.69, 9.17) is 15.3 Å². The van der Waals surface area contributed by atoms with Gasteiger partial charge in [0.25, 0.3) is 0 Å². The number of phenols is 1. The molecule has 0 spiro atoms. The lowest BCUT2D eigenvalue weighted by molar-refractivity contribution is -0.131. The Morgan fingerprint density at radius 3 is 1.92 bits per heavy atom. The summed E-state index contributed by atoms with van der Waals surface area (Å²) in [4.78, 5) is 9.25. The lowest BCUT2D eigenvalue weighted by Gasteiger charge is -2.04. The van der Waals surface area contributed by atoms with E-state index in [0.29, 0.717) is 5.75 Å². The summed E-state index contributed by atoms with van der Waals surface area (Å²) in [7, 11) is 0. The zero-order valence-electron chi connectivity index (χ0n) is 15.4. The molecule has 0 heterocycles. The Bertz CT molecular complexity index is 430. The average molecular weight is 354 g/mol. The Hall–Kier alpha value is -1.85. The number of phenolic OH excluding ortho intramolecular Hbond substituents is 1. The summed E-state index contributed by atoms with van der Waals surface area (Å²) in [5.74, 6) is -0.529.